The summed E-state index contributed by atoms with van der Waals surface area (Å²) in [5.41, 5.74) is 14.7. The summed E-state index contributed by atoms with van der Waals surface area (Å²) in [5, 5.41) is 30.4. The molecule has 0 spiro atoms. The van der Waals surface area contributed by atoms with E-state index in [1.807, 2.05) is 65.1 Å². The molecule has 2 aromatic heterocycles. The van der Waals surface area contributed by atoms with Crippen molar-refractivity contribution in [2.24, 2.45) is 5.10 Å². The van der Waals surface area contributed by atoms with E-state index in [-0.39, 0.29) is 18.3 Å². The zero-order valence-electron chi connectivity index (χ0n) is 34.3. The van der Waals surface area contributed by atoms with Crippen LogP contribution in [0, 0.1) is 0 Å². The standard InChI is InChI=1S/C42H60N8O6S2/c1-6-33(3)57-38-16-12-36(13-17-38)45-47-40(51)30-49-22-8-10-34(28-49)32-56-44-21-25-55-27-26-54-24-20-43-42(53)35-11-9-23-50(29-35)31-41(52)48-46-37-14-18-39(19-15-37)58(4,5)7-2/h8-19,22-23,28-29,33,40,44-47,51H,6-7,20-21,24-27,30-32H2,1-5H3/p+1. The molecule has 16 heteroatoms. The number of ether oxygens (including phenoxy) is 2. The van der Waals surface area contributed by atoms with Gasteiger partial charge in [0, 0.05) is 46.6 Å². The van der Waals surface area contributed by atoms with Crippen LogP contribution in [0.3, 0.4) is 0 Å². The molecule has 0 aliphatic rings. The Balaban J connectivity index is 1.01. The van der Waals surface area contributed by atoms with Crippen molar-refractivity contribution in [2.45, 2.75) is 68.2 Å². The number of anilines is 2. The highest BCUT2D eigenvalue weighted by Gasteiger charge is 2.14. The predicted octanol–water partition coefficient (Wildman–Crippen LogP) is 3.80. The molecule has 0 saturated heterocycles. The number of aliphatic hydroxyl groups excluding tert-OH is 1. The Kier molecular flexibility index (Phi) is 20.2. The normalized spacial score (nSPS) is 13.2. The van der Waals surface area contributed by atoms with Crippen LogP contribution in [0.1, 0.15) is 43.1 Å². The number of nitrogens with one attached hydrogen (secondary N) is 5. The molecule has 0 fully saturated rings. The molecule has 0 saturated carbocycles. The first kappa shape index (κ1) is 46.4. The number of pyridine rings is 2. The van der Waals surface area contributed by atoms with E-state index in [9.17, 15) is 15.0 Å². The van der Waals surface area contributed by atoms with Crippen LogP contribution in [0.4, 0.5) is 11.4 Å². The van der Waals surface area contributed by atoms with Gasteiger partial charge in [0.1, 0.15) is 5.56 Å². The minimum atomic E-state index is -0.817. The summed E-state index contributed by atoms with van der Waals surface area (Å²) in [6, 6.07) is 23.4. The minimum Gasteiger partial charge on any atom is -0.856 e. The Labute approximate surface area is 349 Å². The van der Waals surface area contributed by atoms with E-state index < -0.39 is 16.3 Å². The van der Waals surface area contributed by atoms with E-state index >= 15 is 0 Å². The second kappa shape index (κ2) is 25.3. The molecular formula is C42H61N8O6S2+. The SMILES string of the molecule is CCC(C)Sc1ccc(NNC(O)C[n+]2cccc(CONCCOCCOCCNC(=O)c3ccc[n+](C/C([O-])=N/Nc4ccc(S(C)(C)CC)cc4)c3)c2)cc1. The highest BCUT2D eigenvalue weighted by atomic mass is 32.3. The van der Waals surface area contributed by atoms with Gasteiger partial charge in [0.2, 0.25) is 0 Å². The maximum Gasteiger partial charge on any atom is 0.257 e. The monoisotopic (exact) mass is 837 g/mol. The molecule has 6 N–H and O–H groups in total. The number of hydrazine groups is 1. The molecule has 2 atom stereocenters. The summed E-state index contributed by atoms with van der Waals surface area (Å²) >= 11 is 1.85. The van der Waals surface area contributed by atoms with Gasteiger partial charge in [-0.2, -0.15) is 15.1 Å². The third-order valence-electron chi connectivity index (χ3n) is 9.01. The molecule has 58 heavy (non-hydrogen) atoms. The number of thioether (sulfide) groups is 1. The molecule has 0 radical (unpaired) electrons. The molecular weight excluding hydrogens is 777 g/mol. The third-order valence-corrected chi connectivity index (χ3v) is 13.3. The summed E-state index contributed by atoms with van der Waals surface area (Å²) in [6.45, 7) is 9.66. The highest BCUT2D eigenvalue weighted by Crippen LogP contribution is 2.48. The van der Waals surface area contributed by atoms with Gasteiger partial charge >= 0.3 is 0 Å². The van der Waals surface area contributed by atoms with Gasteiger partial charge in [0.05, 0.1) is 44.6 Å². The lowest BCUT2D eigenvalue weighted by Crippen LogP contribution is -2.47. The van der Waals surface area contributed by atoms with Crippen LogP contribution < -0.4 is 41.3 Å². The first-order valence-corrected chi connectivity index (χ1v) is 23.1. The Morgan fingerprint density at radius 1 is 0.897 bits per heavy atom. The fraction of sp³-hybridized carbons (Fsp3) is 0.429. The van der Waals surface area contributed by atoms with Gasteiger partial charge in [0.15, 0.2) is 44.1 Å². The first-order valence-electron chi connectivity index (χ1n) is 19.6. The fourth-order valence-electron chi connectivity index (χ4n) is 5.24. The zero-order valence-corrected chi connectivity index (χ0v) is 36.0. The Morgan fingerprint density at radius 2 is 1.59 bits per heavy atom. The Morgan fingerprint density at radius 3 is 2.31 bits per heavy atom. The van der Waals surface area contributed by atoms with Crippen molar-refractivity contribution < 1.29 is 38.5 Å². The van der Waals surface area contributed by atoms with E-state index in [2.05, 4.69) is 89.7 Å². The van der Waals surface area contributed by atoms with Gasteiger partial charge in [-0.25, -0.2) is 20.0 Å². The summed E-state index contributed by atoms with van der Waals surface area (Å²) in [5.74, 6) is 0.480. The lowest BCUT2D eigenvalue weighted by Gasteiger charge is -2.30. The number of benzene rings is 2. The molecule has 4 aromatic rings. The van der Waals surface area contributed by atoms with Crippen molar-refractivity contribution in [1.29, 1.82) is 0 Å². The van der Waals surface area contributed by atoms with E-state index in [1.165, 1.54) is 9.79 Å². The number of aliphatic hydroxyl groups is 1. The number of hydroxylamine groups is 1. The largest absolute Gasteiger partial charge is 0.856 e. The highest BCUT2D eigenvalue weighted by molar-refractivity contribution is 8.32. The fourth-order valence-corrected chi connectivity index (χ4v) is 7.37. The number of aromatic nitrogens is 2. The minimum absolute atomic E-state index is 0.00543. The molecule has 2 aromatic carbocycles. The lowest BCUT2D eigenvalue weighted by molar-refractivity contribution is -0.704. The second-order valence-electron chi connectivity index (χ2n) is 14.0. The van der Waals surface area contributed by atoms with Crippen LogP contribution in [0.5, 0.6) is 0 Å². The molecule has 316 valence electrons. The summed E-state index contributed by atoms with van der Waals surface area (Å²) in [7, 11) is -0.817. The number of hydrazone groups is 1. The number of rotatable bonds is 27. The average Bonchev–Trinajstić information content (AvgIpc) is 3.23. The third kappa shape index (κ3) is 17.3. The van der Waals surface area contributed by atoms with Crippen molar-refractivity contribution >= 4 is 45.0 Å². The van der Waals surface area contributed by atoms with Crippen molar-refractivity contribution in [3.05, 3.63) is 109 Å². The molecule has 4 rings (SSSR count). The smallest absolute Gasteiger partial charge is 0.257 e. The molecule has 1 amide bonds. The molecule has 0 bridgehead atoms. The quantitative estimate of drug-likeness (QED) is 0.00984. The number of hydrogen-bond acceptors (Lipinski definition) is 12. The molecule has 0 aliphatic carbocycles. The van der Waals surface area contributed by atoms with E-state index in [0.29, 0.717) is 63.5 Å². The van der Waals surface area contributed by atoms with Crippen molar-refractivity contribution in [3.63, 3.8) is 0 Å². The predicted molar refractivity (Wildman–Crippen MR) is 231 cm³/mol. The number of hydrogen-bond donors (Lipinski definition) is 6. The van der Waals surface area contributed by atoms with Crippen LogP contribution in [0.25, 0.3) is 0 Å². The Hall–Kier alpha value is -4.26. The molecule has 14 nitrogen and oxygen atoms in total. The maximum atomic E-state index is 12.7. The second-order valence-corrected chi connectivity index (χ2v) is 19.6. The van der Waals surface area contributed by atoms with E-state index in [4.69, 9.17) is 14.3 Å². The van der Waals surface area contributed by atoms with Gasteiger partial charge in [0.25, 0.3) is 5.91 Å². The van der Waals surface area contributed by atoms with Crippen LogP contribution in [-0.4, -0.2) is 86.2 Å². The van der Waals surface area contributed by atoms with E-state index in [1.54, 1.807) is 29.1 Å². The van der Waals surface area contributed by atoms with E-state index in [0.717, 1.165) is 29.1 Å². The Bertz CT molecular complexity index is 1840. The summed E-state index contributed by atoms with van der Waals surface area (Å²) in [6.07, 6.45) is 12.0. The first-order chi connectivity index (χ1) is 28.0. The number of carbonyl (C=O) groups is 1. The summed E-state index contributed by atoms with van der Waals surface area (Å²) in [4.78, 5) is 20.8. The topological polar surface area (TPSA) is 168 Å². The van der Waals surface area contributed by atoms with Gasteiger partial charge in [-0.15, -0.1) is 11.8 Å². The number of nitrogens with zero attached hydrogens (tertiary/aromatic N) is 3. The number of amides is 1. The zero-order chi connectivity index (χ0) is 41.6. The van der Waals surface area contributed by atoms with Gasteiger partial charge in [-0.3, -0.25) is 15.1 Å². The molecule has 0 aliphatic heterocycles. The van der Waals surface area contributed by atoms with Crippen LogP contribution in [-0.2, 0) is 34.0 Å². The van der Waals surface area contributed by atoms with Crippen LogP contribution >= 0.6 is 21.8 Å². The van der Waals surface area contributed by atoms with Crippen molar-refractivity contribution in [2.75, 3.05) is 68.6 Å². The number of carbonyl (C=O) groups excluding carboxylic acids is 1. The maximum absolute atomic E-state index is 12.7. The van der Waals surface area contributed by atoms with Crippen LogP contribution in [0.2, 0.25) is 0 Å². The van der Waals surface area contributed by atoms with Crippen LogP contribution in [0.15, 0.2) is 112 Å². The van der Waals surface area contributed by atoms with Crippen molar-refractivity contribution in [1.82, 2.24) is 16.2 Å². The van der Waals surface area contributed by atoms with Gasteiger partial charge in [-0.05, 0) is 90.2 Å². The van der Waals surface area contributed by atoms with Gasteiger partial charge in [-0.1, -0.05) is 20.8 Å². The molecule has 2 unspecified atom stereocenters. The lowest BCUT2D eigenvalue weighted by atomic mass is 10.2. The van der Waals surface area contributed by atoms with Crippen molar-refractivity contribution in [3.8, 4) is 0 Å². The summed E-state index contributed by atoms with van der Waals surface area (Å²) < 4.78 is 14.7. The molecule has 2 heterocycles. The van der Waals surface area contributed by atoms with Gasteiger partial charge < -0.3 is 30.4 Å². The average molecular weight is 838 g/mol.